The molecule has 1 aromatic carbocycles. The Morgan fingerprint density at radius 3 is 2.83 bits per heavy atom. The zero-order valence-electron chi connectivity index (χ0n) is 12.9. The average molecular weight is 400 g/mol. The summed E-state index contributed by atoms with van der Waals surface area (Å²) in [6.07, 6.45) is 2.23. The van der Waals surface area contributed by atoms with Crippen molar-refractivity contribution >= 4 is 45.2 Å². The van der Waals surface area contributed by atoms with Crippen LogP contribution in [0.3, 0.4) is 0 Å². The number of nitrogens with two attached hydrogens (primary N) is 1. The molecule has 1 saturated carbocycles. The molecule has 2 aliphatic rings. The van der Waals surface area contributed by atoms with Gasteiger partial charge in [0.2, 0.25) is 0 Å². The highest BCUT2D eigenvalue weighted by Gasteiger charge is 2.43. The number of hydrogen-bond donors (Lipinski definition) is 1. The van der Waals surface area contributed by atoms with Crippen LogP contribution in [0.25, 0.3) is 11.0 Å². The first-order valence-electron chi connectivity index (χ1n) is 7.77. The maximum absolute atomic E-state index is 12.7. The summed E-state index contributed by atoms with van der Waals surface area (Å²) in [5, 5.41) is 0.964. The summed E-state index contributed by atoms with van der Waals surface area (Å²) < 4.78 is 6.83. The molecule has 1 amide bonds. The van der Waals surface area contributed by atoms with Gasteiger partial charge in [0.15, 0.2) is 5.76 Å². The van der Waals surface area contributed by atoms with Gasteiger partial charge in [-0.3, -0.25) is 4.79 Å². The van der Waals surface area contributed by atoms with Crippen LogP contribution in [0.1, 0.15) is 29.0 Å². The number of fused-ring (bicyclic) bond motifs is 2. The maximum atomic E-state index is 12.7. The number of aryl methyl sites for hydroxylation is 1. The van der Waals surface area contributed by atoms with Crippen molar-refractivity contribution in [2.45, 2.75) is 25.8 Å². The number of likely N-dealkylation sites (tertiary alicyclic amines) is 1. The van der Waals surface area contributed by atoms with E-state index in [2.05, 4.69) is 15.9 Å². The highest BCUT2D eigenvalue weighted by atomic mass is 79.9. The zero-order valence-corrected chi connectivity index (χ0v) is 15.3. The van der Waals surface area contributed by atoms with Gasteiger partial charge in [0.1, 0.15) is 5.58 Å². The summed E-state index contributed by atoms with van der Waals surface area (Å²) in [6, 6.07) is 6.08. The van der Waals surface area contributed by atoms with Crippen molar-refractivity contribution in [3.63, 3.8) is 0 Å². The summed E-state index contributed by atoms with van der Waals surface area (Å²) in [4.78, 5) is 14.6. The Kier molecular flexibility index (Phi) is 4.47. The molecular formula is C17H20BrClN2O2. The van der Waals surface area contributed by atoms with Gasteiger partial charge in [-0.15, -0.1) is 12.4 Å². The molecule has 1 aliphatic heterocycles. The number of furan rings is 1. The van der Waals surface area contributed by atoms with Gasteiger partial charge >= 0.3 is 0 Å². The topological polar surface area (TPSA) is 59.5 Å². The van der Waals surface area contributed by atoms with E-state index in [4.69, 9.17) is 10.2 Å². The normalized spacial score (nSPS) is 26.4. The van der Waals surface area contributed by atoms with E-state index in [9.17, 15) is 4.79 Å². The van der Waals surface area contributed by atoms with E-state index >= 15 is 0 Å². The van der Waals surface area contributed by atoms with E-state index in [0.29, 0.717) is 17.6 Å². The summed E-state index contributed by atoms with van der Waals surface area (Å²) in [7, 11) is 0. The molecule has 1 saturated heterocycles. The van der Waals surface area contributed by atoms with Gasteiger partial charge in [0.05, 0.1) is 0 Å². The lowest BCUT2D eigenvalue weighted by Crippen LogP contribution is -2.33. The summed E-state index contributed by atoms with van der Waals surface area (Å²) in [5.74, 6) is 1.46. The van der Waals surface area contributed by atoms with Crippen LogP contribution in [0.15, 0.2) is 27.1 Å². The number of nitrogens with zero attached hydrogens (tertiary/aromatic N) is 1. The van der Waals surface area contributed by atoms with Crippen LogP contribution in [0.4, 0.5) is 0 Å². The van der Waals surface area contributed by atoms with Crippen molar-refractivity contribution < 1.29 is 9.21 Å². The molecule has 2 fully saturated rings. The standard InChI is InChI=1S/C17H19BrN2O2.ClH/c1-9-4-12(18)5-11-6-15(22-16(9)11)17(21)20-7-10-2-3-14(19)13(10)8-20;/h4-6,10,13-14H,2-3,7-8,19H2,1H3;1H. The largest absolute Gasteiger partial charge is 0.451 e. The second kappa shape index (κ2) is 6.11. The number of carbonyl (C=O) groups is 1. The molecule has 124 valence electrons. The van der Waals surface area contributed by atoms with Crippen LogP contribution in [-0.2, 0) is 0 Å². The predicted octanol–water partition coefficient (Wildman–Crippen LogP) is 3.73. The lowest BCUT2D eigenvalue weighted by Gasteiger charge is -2.17. The number of amides is 1. The van der Waals surface area contributed by atoms with Gasteiger partial charge < -0.3 is 15.1 Å². The van der Waals surface area contributed by atoms with Gasteiger partial charge in [0, 0.05) is 29.0 Å². The van der Waals surface area contributed by atoms with Crippen molar-refractivity contribution in [1.82, 2.24) is 4.90 Å². The van der Waals surface area contributed by atoms with E-state index in [-0.39, 0.29) is 24.4 Å². The predicted molar refractivity (Wildman–Crippen MR) is 96.0 cm³/mol. The van der Waals surface area contributed by atoms with Gasteiger partial charge in [-0.2, -0.15) is 0 Å². The average Bonchev–Trinajstić information content (AvgIpc) is 3.14. The molecule has 2 heterocycles. The quantitative estimate of drug-likeness (QED) is 0.795. The number of halogens is 2. The van der Waals surface area contributed by atoms with Gasteiger partial charge in [-0.05, 0) is 55.4 Å². The van der Waals surface area contributed by atoms with Crippen LogP contribution in [-0.4, -0.2) is 29.9 Å². The molecule has 1 aromatic heterocycles. The van der Waals surface area contributed by atoms with Crippen LogP contribution in [0.5, 0.6) is 0 Å². The number of carbonyl (C=O) groups excluding carboxylic acids is 1. The Morgan fingerprint density at radius 1 is 1.30 bits per heavy atom. The molecule has 0 bridgehead atoms. The monoisotopic (exact) mass is 398 g/mol. The Bertz CT molecular complexity index is 760. The molecule has 1 aliphatic carbocycles. The van der Waals surface area contributed by atoms with Gasteiger partial charge in [-0.25, -0.2) is 0 Å². The smallest absolute Gasteiger partial charge is 0.289 e. The Hall–Kier alpha value is -1.04. The van der Waals surface area contributed by atoms with Crippen molar-refractivity contribution in [2.75, 3.05) is 13.1 Å². The third-order valence-corrected chi connectivity index (χ3v) is 5.63. The summed E-state index contributed by atoms with van der Waals surface area (Å²) in [6.45, 7) is 3.57. The van der Waals surface area contributed by atoms with E-state index < -0.39 is 0 Å². The zero-order chi connectivity index (χ0) is 15.4. The third kappa shape index (κ3) is 2.79. The van der Waals surface area contributed by atoms with E-state index in [0.717, 1.165) is 46.9 Å². The molecule has 6 heteroatoms. The molecule has 3 atom stereocenters. The first kappa shape index (κ1) is 16.8. The van der Waals surface area contributed by atoms with E-state index in [1.54, 1.807) is 0 Å². The lowest BCUT2D eigenvalue weighted by molar-refractivity contribution is 0.0750. The molecule has 4 nitrogen and oxygen atoms in total. The van der Waals surface area contributed by atoms with Crippen LogP contribution < -0.4 is 5.73 Å². The fraction of sp³-hybridized carbons (Fsp3) is 0.471. The van der Waals surface area contributed by atoms with Crippen LogP contribution in [0, 0.1) is 18.8 Å². The number of rotatable bonds is 1. The van der Waals surface area contributed by atoms with Crippen LogP contribution >= 0.6 is 28.3 Å². The molecular weight excluding hydrogens is 380 g/mol. The number of hydrogen-bond acceptors (Lipinski definition) is 3. The lowest BCUT2D eigenvalue weighted by atomic mass is 9.98. The molecule has 4 rings (SSSR count). The second-order valence-corrected chi connectivity index (χ2v) is 7.54. The minimum atomic E-state index is -0.00618. The van der Waals surface area contributed by atoms with Crippen molar-refractivity contribution in [2.24, 2.45) is 17.6 Å². The molecule has 3 unspecified atom stereocenters. The van der Waals surface area contributed by atoms with Crippen LogP contribution in [0.2, 0.25) is 0 Å². The minimum Gasteiger partial charge on any atom is -0.451 e. The SMILES string of the molecule is Cc1cc(Br)cc2cc(C(=O)N3CC4CCC(N)C4C3)oc12.Cl. The van der Waals surface area contributed by atoms with E-state index in [1.807, 2.05) is 30.0 Å². The molecule has 23 heavy (non-hydrogen) atoms. The maximum Gasteiger partial charge on any atom is 0.289 e. The fourth-order valence-electron chi connectivity index (χ4n) is 4.02. The second-order valence-electron chi connectivity index (χ2n) is 6.63. The van der Waals surface area contributed by atoms with Gasteiger partial charge in [-0.1, -0.05) is 15.9 Å². The van der Waals surface area contributed by atoms with E-state index in [1.165, 1.54) is 0 Å². The molecule has 0 radical (unpaired) electrons. The first-order chi connectivity index (χ1) is 10.5. The van der Waals surface area contributed by atoms with Gasteiger partial charge in [0.25, 0.3) is 5.91 Å². The Balaban J connectivity index is 0.00000156. The molecule has 2 aromatic rings. The summed E-state index contributed by atoms with van der Waals surface area (Å²) >= 11 is 3.48. The molecule has 2 N–H and O–H groups in total. The fourth-order valence-corrected chi connectivity index (χ4v) is 4.61. The first-order valence-corrected chi connectivity index (χ1v) is 8.57. The summed E-state index contributed by atoms with van der Waals surface area (Å²) in [5.41, 5.74) is 7.98. The van der Waals surface area contributed by atoms with Crippen molar-refractivity contribution in [1.29, 1.82) is 0 Å². The van der Waals surface area contributed by atoms with Crippen molar-refractivity contribution in [3.05, 3.63) is 34.0 Å². The van der Waals surface area contributed by atoms with Crippen molar-refractivity contribution in [3.8, 4) is 0 Å². The Morgan fingerprint density at radius 2 is 2.09 bits per heavy atom. The number of benzene rings is 1. The Labute approximate surface area is 149 Å². The third-order valence-electron chi connectivity index (χ3n) is 5.18. The molecule has 0 spiro atoms. The highest BCUT2D eigenvalue weighted by Crippen LogP contribution is 2.38. The highest BCUT2D eigenvalue weighted by molar-refractivity contribution is 9.10. The minimum absolute atomic E-state index is 0.